The van der Waals surface area contributed by atoms with Crippen LogP contribution in [0.15, 0.2) is 0 Å². The van der Waals surface area contributed by atoms with Gasteiger partial charge in [-0.25, -0.2) is 8.42 Å². The molecule has 0 heterocycles. The maximum absolute atomic E-state index is 10.4. The Morgan fingerprint density at radius 2 is 1.60 bits per heavy atom. The molecule has 0 saturated heterocycles. The first-order valence-electron chi connectivity index (χ1n) is 5.75. The predicted molar refractivity (Wildman–Crippen MR) is 58.7 cm³/mol. The van der Waals surface area contributed by atoms with Crippen LogP contribution >= 0.6 is 0 Å². The summed E-state index contributed by atoms with van der Waals surface area (Å²) in [7, 11) is -4.05. The molecule has 5 heteroatoms. The molecule has 90 valence electrons. The summed E-state index contributed by atoms with van der Waals surface area (Å²) in [6.45, 7) is 0.302. The van der Waals surface area contributed by atoms with Gasteiger partial charge in [-0.05, 0) is 12.8 Å². The molecule has 1 saturated carbocycles. The molecule has 0 atom stereocenters. The molecule has 1 rings (SSSR count). The number of hydrogen-bond acceptors (Lipinski definition) is 4. The number of hydrogen-bond donors (Lipinski definition) is 1. The second-order valence-corrected chi connectivity index (χ2v) is 5.78. The van der Waals surface area contributed by atoms with Crippen LogP contribution in [-0.2, 0) is 10.1 Å². The molecule has 0 unspecified atom stereocenters. The van der Waals surface area contributed by atoms with E-state index in [2.05, 4.69) is 5.32 Å². The number of rotatable bonds is 4. The van der Waals surface area contributed by atoms with E-state index in [0.717, 1.165) is 12.8 Å². The predicted octanol–water partition coefficient (Wildman–Crippen LogP) is 1.23. The molecule has 0 aromatic carbocycles. The Labute approximate surface area is 92.2 Å². The zero-order valence-corrected chi connectivity index (χ0v) is 9.89. The highest BCUT2D eigenvalue weighted by Crippen LogP contribution is 2.16. The van der Waals surface area contributed by atoms with E-state index < -0.39 is 10.1 Å². The van der Waals surface area contributed by atoms with Crippen molar-refractivity contribution in [3.63, 3.8) is 0 Å². The fourth-order valence-corrected chi connectivity index (χ4v) is 2.42. The zero-order chi connectivity index (χ0) is 11.1. The minimum Gasteiger partial charge on any atom is -0.748 e. The standard InChI is InChI=1S/C10H21NO3S/c12-15(13,14)9-8-11-10-6-4-2-1-3-5-7-10/h10-11H,1-9H2,(H,12,13,14)/p-1. The van der Waals surface area contributed by atoms with Crippen LogP contribution in [0.3, 0.4) is 0 Å². The van der Waals surface area contributed by atoms with Crippen molar-refractivity contribution in [1.29, 1.82) is 0 Å². The molecule has 0 bridgehead atoms. The minimum atomic E-state index is -4.05. The molecule has 1 N–H and O–H groups in total. The van der Waals surface area contributed by atoms with Crippen LogP contribution in [0.4, 0.5) is 0 Å². The van der Waals surface area contributed by atoms with Crippen LogP contribution in [0.5, 0.6) is 0 Å². The van der Waals surface area contributed by atoms with Crippen LogP contribution in [0.1, 0.15) is 44.9 Å². The van der Waals surface area contributed by atoms with Gasteiger partial charge < -0.3 is 9.87 Å². The molecule has 0 spiro atoms. The van der Waals surface area contributed by atoms with Crippen molar-refractivity contribution in [2.75, 3.05) is 12.3 Å². The van der Waals surface area contributed by atoms with Crippen LogP contribution in [0.2, 0.25) is 0 Å². The Balaban J connectivity index is 2.18. The Morgan fingerprint density at radius 3 is 2.13 bits per heavy atom. The van der Waals surface area contributed by atoms with E-state index in [1.807, 2.05) is 0 Å². The summed E-state index contributed by atoms with van der Waals surface area (Å²) >= 11 is 0. The lowest BCUT2D eigenvalue weighted by Gasteiger charge is -2.21. The van der Waals surface area contributed by atoms with E-state index in [1.54, 1.807) is 0 Å². The minimum absolute atomic E-state index is 0.288. The first-order valence-corrected chi connectivity index (χ1v) is 7.32. The van der Waals surface area contributed by atoms with Gasteiger partial charge in [0.25, 0.3) is 0 Å². The molecule has 0 amide bonds. The summed E-state index contributed by atoms with van der Waals surface area (Å²) in [6, 6.07) is 0.409. The average Bonchev–Trinajstić information content (AvgIpc) is 2.06. The first-order chi connectivity index (χ1) is 7.08. The monoisotopic (exact) mass is 234 g/mol. The molecule has 0 radical (unpaired) electrons. The van der Waals surface area contributed by atoms with Crippen LogP contribution in [0, 0.1) is 0 Å². The summed E-state index contributed by atoms with van der Waals surface area (Å²) in [4.78, 5) is 0. The van der Waals surface area contributed by atoms with Gasteiger partial charge in [-0.2, -0.15) is 0 Å². The lowest BCUT2D eigenvalue weighted by Crippen LogP contribution is -2.33. The van der Waals surface area contributed by atoms with E-state index in [0.29, 0.717) is 12.6 Å². The normalized spacial score (nSPS) is 20.9. The van der Waals surface area contributed by atoms with Gasteiger partial charge in [-0.1, -0.05) is 32.1 Å². The van der Waals surface area contributed by atoms with Crippen molar-refractivity contribution in [2.45, 2.75) is 51.0 Å². The third-order valence-corrected chi connectivity index (χ3v) is 3.59. The first kappa shape index (κ1) is 12.9. The summed E-state index contributed by atoms with van der Waals surface area (Å²) in [5.74, 6) is -0.288. The largest absolute Gasteiger partial charge is 0.748 e. The molecular weight excluding hydrogens is 214 g/mol. The Kier molecular flexibility index (Phi) is 5.56. The van der Waals surface area contributed by atoms with Crippen molar-refractivity contribution in [3.8, 4) is 0 Å². The Morgan fingerprint density at radius 1 is 1.07 bits per heavy atom. The lowest BCUT2D eigenvalue weighted by molar-refractivity contribution is 0.393. The van der Waals surface area contributed by atoms with E-state index >= 15 is 0 Å². The fourth-order valence-electron chi connectivity index (χ4n) is 2.05. The SMILES string of the molecule is O=S(=O)([O-])CCNC1CCCCCCC1. The average molecular weight is 234 g/mol. The van der Waals surface area contributed by atoms with Gasteiger partial charge in [0.2, 0.25) is 0 Å². The molecule has 15 heavy (non-hydrogen) atoms. The van der Waals surface area contributed by atoms with Gasteiger partial charge in [-0.3, -0.25) is 0 Å². The highest BCUT2D eigenvalue weighted by atomic mass is 32.2. The van der Waals surface area contributed by atoms with Crippen LogP contribution in [0.25, 0.3) is 0 Å². The fraction of sp³-hybridized carbons (Fsp3) is 1.00. The number of nitrogens with one attached hydrogen (secondary N) is 1. The van der Waals surface area contributed by atoms with Crippen molar-refractivity contribution in [3.05, 3.63) is 0 Å². The van der Waals surface area contributed by atoms with E-state index in [1.165, 1.54) is 32.1 Å². The molecular formula is C10H20NO3S-. The van der Waals surface area contributed by atoms with Crippen LogP contribution < -0.4 is 5.32 Å². The maximum atomic E-state index is 10.4. The van der Waals surface area contributed by atoms with Crippen molar-refractivity contribution in [1.82, 2.24) is 5.32 Å². The highest BCUT2D eigenvalue weighted by molar-refractivity contribution is 7.85. The molecule has 4 nitrogen and oxygen atoms in total. The molecule has 0 aromatic rings. The molecule has 1 fully saturated rings. The van der Waals surface area contributed by atoms with Crippen molar-refractivity contribution >= 4 is 10.1 Å². The zero-order valence-electron chi connectivity index (χ0n) is 9.07. The third kappa shape index (κ3) is 6.87. The van der Waals surface area contributed by atoms with Gasteiger partial charge in [-0.15, -0.1) is 0 Å². The second-order valence-electron chi connectivity index (χ2n) is 4.26. The summed E-state index contributed by atoms with van der Waals surface area (Å²) in [6.07, 6.45) is 8.51. The molecule has 0 aromatic heterocycles. The van der Waals surface area contributed by atoms with Gasteiger partial charge >= 0.3 is 0 Å². The van der Waals surface area contributed by atoms with Gasteiger partial charge in [0.15, 0.2) is 0 Å². The quantitative estimate of drug-likeness (QED) is 0.743. The van der Waals surface area contributed by atoms with E-state index in [4.69, 9.17) is 0 Å². The third-order valence-electron chi connectivity index (χ3n) is 2.89. The summed E-state index contributed by atoms with van der Waals surface area (Å²) < 4.78 is 31.2. The van der Waals surface area contributed by atoms with Crippen LogP contribution in [-0.4, -0.2) is 31.3 Å². The van der Waals surface area contributed by atoms with Crippen molar-refractivity contribution in [2.24, 2.45) is 0 Å². The molecule has 1 aliphatic rings. The topological polar surface area (TPSA) is 69.2 Å². The molecule has 0 aliphatic heterocycles. The van der Waals surface area contributed by atoms with Gasteiger partial charge in [0, 0.05) is 12.6 Å². The Hall–Kier alpha value is -0.130. The summed E-state index contributed by atoms with van der Waals surface area (Å²) in [5.41, 5.74) is 0. The highest BCUT2D eigenvalue weighted by Gasteiger charge is 2.10. The summed E-state index contributed by atoms with van der Waals surface area (Å²) in [5, 5.41) is 3.17. The Bertz CT molecular complexity index is 256. The van der Waals surface area contributed by atoms with Gasteiger partial charge in [0.1, 0.15) is 0 Å². The van der Waals surface area contributed by atoms with Crippen molar-refractivity contribution < 1.29 is 13.0 Å². The maximum Gasteiger partial charge on any atom is 0.0958 e. The van der Waals surface area contributed by atoms with E-state index in [-0.39, 0.29) is 5.75 Å². The smallest absolute Gasteiger partial charge is 0.0958 e. The molecule has 1 aliphatic carbocycles. The van der Waals surface area contributed by atoms with E-state index in [9.17, 15) is 13.0 Å². The lowest BCUT2D eigenvalue weighted by atomic mass is 9.97. The second kappa shape index (κ2) is 6.45. The van der Waals surface area contributed by atoms with Gasteiger partial charge in [0.05, 0.1) is 15.9 Å².